The molecule has 0 spiro atoms. The second-order valence-corrected chi connectivity index (χ2v) is 4.45. The van der Waals surface area contributed by atoms with Crippen LogP contribution in [0.4, 0.5) is 5.69 Å². The molecule has 1 rings (SSSR count). The van der Waals surface area contributed by atoms with Gasteiger partial charge in [-0.05, 0) is 20.8 Å². The van der Waals surface area contributed by atoms with E-state index in [4.69, 9.17) is 5.11 Å². The Kier molecular flexibility index (Phi) is 5.05. The summed E-state index contributed by atoms with van der Waals surface area (Å²) in [6.07, 6.45) is 1.37. The molecule has 0 aliphatic heterocycles. The number of nitrogens with zero attached hydrogens (tertiary/aromatic N) is 3. The fourth-order valence-electron chi connectivity index (χ4n) is 1.85. The van der Waals surface area contributed by atoms with Crippen molar-refractivity contribution in [2.75, 3.05) is 19.7 Å². The van der Waals surface area contributed by atoms with Gasteiger partial charge >= 0.3 is 0 Å². The molecular formula is C12H19N3O4. The monoisotopic (exact) mass is 269 g/mol. The normalized spacial score (nSPS) is 10.8. The standard InChI is InChI=1S/C12H19N3O4/c1-4-13(5-6-16)12(17)11-7-10(15(18)19)8-14(11)9(2)3/h7-9,16H,4-6H2,1-3H3. The fourth-order valence-corrected chi connectivity index (χ4v) is 1.85. The second kappa shape index (κ2) is 6.33. The third-order valence-corrected chi connectivity index (χ3v) is 2.86. The number of carbonyl (C=O) groups is 1. The van der Waals surface area contributed by atoms with Crippen molar-refractivity contribution >= 4 is 11.6 Å². The van der Waals surface area contributed by atoms with Crippen LogP contribution >= 0.6 is 0 Å². The summed E-state index contributed by atoms with van der Waals surface area (Å²) in [4.78, 5) is 24.0. The zero-order valence-corrected chi connectivity index (χ0v) is 11.4. The lowest BCUT2D eigenvalue weighted by Gasteiger charge is -2.21. The first kappa shape index (κ1) is 15.2. The van der Waals surface area contributed by atoms with Crippen molar-refractivity contribution in [2.45, 2.75) is 26.8 Å². The number of hydrogen-bond donors (Lipinski definition) is 1. The number of nitro groups is 1. The summed E-state index contributed by atoms with van der Waals surface area (Å²) in [5.74, 6) is -0.307. The van der Waals surface area contributed by atoms with Gasteiger partial charge in [0.05, 0.1) is 17.7 Å². The topological polar surface area (TPSA) is 88.6 Å². The van der Waals surface area contributed by atoms with Gasteiger partial charge in [-0.15, -0.1) is 0 Å². The Balaban J connectivity index is 3.16. The van der Waals surface area contributed by atoms with Gasteiger partial charge < -0.3 is 14.6 Å². The van der Waals surface area contributed by atoms with Crippen molar-refractivity contribution in [3.05, 3.63) is 28.1 Å². The van der Waals surface area contributed by atoms with Crippen LogP contribution < -0.4 is 0 Å². The predicted molar refractivity (Wildman–Crippen MR) is 70.1 cm³/mol. The van der Waals surface area contributed by atoms with Crippen LogP contribution in [0.5, 0.6) is 0 Å². The smallest absolute Gasteiger partial charge is 0.287 e. The minimum Gasteiger partial charge on any atom is -0.395 e. The first-order valence-corrected chi connectivity index (χ1v) is 6.18. The number of amides is 1. The lowest BCUT2D eigenvalue weighted by Crippen LogP contribution is -2.34. The van der Waals surface area contributed by atoms with E-state index < -0.39 is 4.92 Å². The molecule has 0 saturated heterocycles. The number of likely N-dealkylation sites (N-methyl/N-ethyl adjacent to an activating group) is 1. The molecule has 1 N–H and O–H groups in total. The zero-order chi connectivity index (χ0) is 14.6. The Hall–Kier alpha value is -1.89. The molecule has 0 radical (unpaired) electrons. The van der Waals surface area contributed by atoms with E-state index in [-0.39, 0.29) is 36.5 Å². The Morgan fingerprint density at radius 1 is 1.58 bits per heavy atom. The molecule has 7 nitrogen and oxygen atoms in total. The largest absolute Gasteiger partial charge is 0.395 e. The molecule has 0 aromatic carbocycles. The minimum absolute atomic E-state index is 0.0551. The van der Waals surface area contributed by atoms with E-state index in [0.717, 1.165) is 0 Å². The Labute approximate surface area is 111 Å². The van der Waals surface area contributed by atoms with Crippen molar-refractivity contribution in [1.82, 2.24) is 9.47 Å². The van der Waals surface area contributed by atoms with Gasteiger partial charge in [-0.2, -0.15) is 0 Å². The quantitative estimate of drug-likeness (QED) is 0.625. The molecule has 1 aromatic heterocycles. The summed E-state index contributed by atoms with van der Waals surface area (Å²) in [6, 6.07) is 1.23. The third-order valence-electron chi connectivity index (χ3n) is 2.86. The van der Waals surface area contributed by atoms with E-state index in [1.807, 2.05) is 13.8 Å². The van der Waals surface area contributed by atoms with E-state index >= 15 is 0 Å². The summed E-state index contributed by atoms with van der Waals surface area (Å²) < 4.78 is 1.58. The molecule has 19 heavy (non-hydrogen) atoms. The number of carbonyl (C=O) groups excluding carboxylic acids is 1. The van der Waals surface area contributed by atoms with E-state index in [0.29, 0.717) is 6.54 Å². The van der Waals surface area contributed by atoms with Crippen molar-refractivity contribution in [1.29, 1.82) is 0 Å². The van der Waals surface area contributed by atoms with Crippen molar-refractivity contribution < 1.29 is 14.8 Å². The molecule has 0 bridgehead atoms. The average molecular weight is 269 g/mol. The molecule has 1 amide bonds. The maximum absolute atomic E-state index is 12.3. The summed E-state index contributed by atoms with van der Waals surface area (Å²) in [7, 11) is 0. The lowest BCUT2D eigenvalue weighted by molar-refractivity contribution is -0.384. The number of aromatic nitrogens is 1. The molecule has 0 aliphatic rings. The number of aliphatic hydroxyl groups excluding tert-OH is 1. The molecule has 1 heterocycles. The highest BCUT2D eigenvalue weighted by molar-refractivity contribution is 5.93. The molecule has 0 saturated carbocycles. The van der Waals surface area contributed by atoms with Crippen LogP contribution in [0.1, 0.15) is 37.3 Å². The molecule has 7 heteroatoms. The molecule has 1 aromatic rings. The SMILES string of the molecule is CCN(CCO)C(=O)c1cc([N+](=O)[O-])cn1C(C)C. The van der Waals surface area contributed by atoms with Crippen LogP contribution in [0, 0.1) is 10.1 Å². The van der Waals surface area contributed by atoms with Gasteiger partial charge in [0.1, 0.15) is 5.69 Å². The summed E-state index contributed by atoms with van der Waals surface area (Å²) in [5.41, 5.74) is 0.175. The highest BCUT2D eigenvalue weighted by Gasteiger charge is 2.23. The lowest BCUT2D eigenvalue weighted by atomic mass is 10.3. The molecule has 106 valence electrons. The molecule has 0 unspecified atom stereocenters. The van der Waals surface area contributed by atoms with Crippen LogP contribution in [0.3, 0.4) is 0 Å². The van der Waals surface area contributed by atoms with Crippen LogP contribution in [0.25, 0.3) is 0 Å². The summed E-state index contributed by atoms with van der Waals surface area (Å²) in [5, 5.41) is 19.7. The third kappa shape index (κ3) is 3.31. The summed E-state index contributed by atoms with van der Waals surface area (Å²) in [6.45, 7) is 6.02. The molecule has 0 atom stereocenters. The Morgan fingerprint density at radius 3 is 2.63 bits per heavy atom. The van der Waals surface area contributed by atoms with Gasteiger partial charge in [0, 0.05) is 25.2 Å². The van der Waals surface area contributed by atoms with Gasteiger partial charge in [-0.3, -0.25) is 14.9 Å². The van der Waals surface area contributed by atoms with Crippen molar-refractivity contribution in [3.8, 4) is 0 Å². The molecule has 0 fully saturated rings. The zero-order valence-electron chi connectivity index (χ0n) is 11.4. The molecule has 0 aliphatic carbocycles. The van der Waals surface area contributed by atoms with Gasteiger partial charge in [-0.1, -0.05) is 0 Å². The first-order chi connectivity index (χ1) is 8.92. The maximum Gasteiger partial charge on any atom is 0.287 e. The highest BCUT2D eigenvalue weighted by atomic mass is 16.6. The van der Waals surface area contributed by atoms with E-state index in [2.05, 4.69) is 0 Å². The minimum atomic E-state index is -0.516. The Bertz CT molecular complexity index is 468. The number of aliphatic hydroxyl groups is 1. The van der Waals surface area contributed by atoms with Crippen LogP contribution in [0.15, 0.2) is 12.3 Å². The second-order valence-electron chi connectivity index (χ2n) is 4.45. The highest BCUT2D eigenvalue weighted by Crippen LogP contribution is 2.21. The number of hydrogen-bond acceptors (Lipinski definition) is 4. The van der Waals surface area contributed by atoms with Crippen LogP contribution in [-0.2, 0) is 0 Å². The average Bonchev–Trinajstić information content (AvgIpc) is 2.80. The Morgan fingerprint density at radius 2 is 2.21 bits per heavy atom. The van der Waals surface area contributed by atoms with Crippen molar-refractivity contribution in [3.63, 3.8) is 0 Å². The molecular weight excluding hydrogens is 250 g/mol. The van der Waals surface area contributed by atoms with Crippen LogP contribution in [-0.4, -0.2) is 45.1 Å². The maximum atomic E-state index is 12.3. The van der Waals surface area contributed by atoms with Crippen molar-refractivity contribution in [2.24, 2.45) is 0 Å². The van der Waals surface area contributed by atoms with Gasteiger partial charge in [0.15, 0.2) is 0 Å². The van der Waals surface area contributed by atoms with Gasteiger partial charge in [-0.25, -0.2) is 0 Å². The summed E-state index contributed by atoms with van der Waals surface area (Å²) >= 11 is 0. The van der Waals surface area contributed by atoms with Gasteiger partial charge in [0.25, 0.3) is 11.6 Å². The predicted octanol–water partition coefficient (Wildman–Crippen LogP) is 1.43. The van der Waals surface area contributed by atoms with Gasteiger partial charge in [0.2, 0.25) is 0 Å². The van der Waals surface area contributed by atoms with E-state index in [1.54, 1.807) is 11.5 Å². The number of rotatable bonds is 6. The van der Waals surface area contributed by atoms with E-state index in [9.17, 15) is 14.9 Å². The fraction of sp³-hybridized carbons (Fsp3) is 0.583. The van der Waals surface area contributed by atoms with E-state index in [1.165, 1.54) is 17.2 Å². The van der Waals surface area contributed by atoms with Crippen LogP contribution in [0.2, 0.25) is 0 Å². The first-order valence-electron chi connectivity index (χ1n) is 6.18.